The summed E-state index contributed by atoms with van der Waals surface area (Å²) in [6, 6.07) is 19.1. The van der Waals surface area contributed by atoms with Gasteiger partial charge in [-0.1, -0.05) is 54.6 Å². The van der Waals surface area contributed by atoms with E-state index in [-0.39, 0.29) is 13.0 Å². The van der Waals surface area contributed by atoms with Crippen LogP contribution in [0.2, 0.25) is 0 Å². The lowest BCUT2D eigenvalue weighted by molar-refractivity contribution is -0.0460. The first-order valence-electron chi connectivity index (χ1n) is 11.5. The molecule has 2 heterocycles. The van der Waals surface area contributed by atoms with Crippen molar-refractivity contribution in [2.24, 2.45) is 0 Å². The maximum Gasteiger partial charge on any atom is 0.330 e. The van der Waals surface area contributed by atoms with E-state index in [1.807, 2.05) is 0 Å². The standard InChI is InChI=1S/C27H24N2O5/c30-14-22-21(31)12-23(34-22)29-13-19(26(32)28-27(29)33)9-5-15-4-6-18-8-7-16-2-1-3-17-10-11-20(15)25(18)24(16)17/h1-4,6-8,10-11,13,21-23,30-31H,5,9,12,14H2,(H,28,32,33)/t21-,22+,23+/m0/s1. The third kappa shape index (κ3) is 3.32. The fourth-order valence-electron chi connectivity index (χ4n) is 5.25. The molecule has 0 bridgehead atoms. The third-order valence-electron chi connectivity index (χ3n) is 7.02. The summed E-state index contributed by atoms with van der Waals surface area (Å²) in [6.45, 7) is -0.336. The Hall–Kier alpha value is -3.52. The van der Waals surface area contributed by atoms with E-state index in [2.05, 4.69) is 59.6 Å². The molecular formula is C27H24N2O5. The molecule has 172 valence electrons. The van der Waals surface area contributed by atoms with Gasteiger partial charge < -0.3 is 14.9 Å². The first kappa shape index (κ1) is 21.0. The zero-order valence-electron chi connectivity index (χ0n) is 18.4. The Kier molecular flexibility index (Phi) is 4.99. The van der Waals surface area contributed by atoms with Gasteiger partial charge in [0, 0.05) is 18.2 Å². The predicted molar refractivity (Wildman–Crippen MR) is 130 cm³/mol. The summed E-state index contributed by atoms with van der Waals surface area (Å²) in [4.78, 5) is 27.3. The van der Waals surface area contributed by atoms with Crippen molar-refractivity contribution in [2.45, 2.75) is 37.7 Å². The van der Waals surface area contributed by atoms with Crippen LogP contribution in [-0.4, -0.2) is 38.6 Å². The first-order chi connectivity index (χ1) is 16.5. The Balaban J connectivity index is 1.36. The summed E-state index contributed by atoms with van der Waals surface area (Å²) in [5, 5.41) is 26.6. The second-order valence-electron chi connectivity index (χ2n) is 9.02. The largest absolute Gasteiger partial charge is 0.394 e. The van der Waals surface area contributed by atoms with Crippen molar-refractivity contribution in [2.75, 3.05) is 6.61 Å². The zero-order chi connectivity index (χ0) is 23.4. The van der Waals surface area contributed by atoms with Crippen LogP contribution in [-0.2, 0) is 17.6 Å². The molecule has 7 heteroatoms. The molecule has 0 spiro atoms. The molecule has 0 saturated carbocycles. The van der Waals surface area contributed by atoms with Crippen LogP contribution in [0.5, 0.6) is 0 Å². The average Bonchev–Trinajstić information content (AvgIpc) is 3.22. The predicted octanol–water partition coefficient (Wildman–Crippen LogP) is 2.86. The number of aliphatic hydroxyl groups is 2. The van der Waals surface area contributed by atoms with Crippen molar-refractivity contribution < 1.29 is 14.9 Å². The van der Waals surface area contributed by atoms with Crippen LogP contribution in [0.15, 0.2) is 70.4 Å². The summed E-state index contributed by atoms with van der Waals surface area (Å²) in [7, 11) is 0. The van der Waals surface area contributed by atoms with Gasteiger partial charge in [-0.25, -0.2) is 4.79 Å². The molecule has 0 unspecified atom stereocenters. The molecule has 5 aromatic rings. The molecule has 1 aromatic heterocycles. The van der Waals surface area contributed by atoms with Gasteiger partial charge in [0.05, 0.1) is 12.7 Å². The minimum Gasteiger partial charge on any atom is -0.394 e. The highest BCUT2D eigenvalue weighted by Crippen LogP contribution is 2.36. The number of ether oxygens (including phenoxy) is 1. The number of nitrogens with zero attached hydrogens (tertiary/aromatic N) is 1. The summed E-state index contributed by atoms with van der Waals surface area (Å²) in [5.41, 5.74) is 0.593. The Bertz CT molecular complexity index is 1620. The van der Waals surface area contributed by atoms with Gasteiger partial charge in [0.25, 0.3) is 5.56 Å². The number of hydrogen-bond donors (Lipinski definition) is 3. The highest BCUT2D eigenvalue weighted by atomic mass is 16.5. The van der Waals surface area contributed by atoms with Crippen LogP contribution < -0.4 is 11.2 Å². The van der Waals surface area contributed by atoms with Crippen molar-refractivity contribution in [3.8, 4) is 0 Å². The van der Waals surface area contributed by atoms with Crippen LogP contribution >= 0.6 is 0 Å². The molecule has 1 aliphatic heterocycles. The molecule has 3 N–H and O–H groups in total. The zero-order valence-corrected chi connectivity index (χ0v) is 18.4. The van der Waals surface area contributed by atoms with Gasteiger partial charge in [-0.05, 0) is 50.7 Å². The Labute approximate surface area is 194 Å². The Morgan fingerprint density at radius 2 is 1.59 bits per heavy atom. The van der Waals surface area contributed by atoms with Crippen molar-refractivity contribution in [1.82, 2.24) is 9.55 Å². The van der Waals surface area contributed by atoms with Crippen LogP contribution in [0.4, 0.5) is 0 Å². The quantitative estimate of drug-likeness (QED) is 0.353. The number of benzene rings is 4. The van der Waals surface area contributed by atoms with Crippen molar-refractivity contribution in [1.29, 1.82) is 0 Å². The summed E-state index contributed by atoms with van der Waals surface area (Å²) >= 11 is 0. The molecule has 34 heavy (non-hydrogen) atoms. The number of hydrogen-bond acceptors (Lipinski definition) is 5. The average molecular weight is 456 g/mol. The normalized spacial score (nSPS) is 20.7. The maximum atomic E-state index is 12.6. The molecule has 0 amide bonds. The smallest absolute Gasteiger partial charge is 0.330 e. The number of rotatable bonds is 5. The minimum atomic E-state index is -0.866. The molecule has 4 aromatic carbocycles. The second kappa shape index (κ2) is 8.06. The van der Waals surface area contributed by atoms with E-state index in [0.717, 1.165) is 5.56 Å². The van der Waals surface area contributed by atoms with Crippen LogP contribution in [0.25, 0.3) is 32.3 Å². The summed E-state index contributed by atoms with van der Waals surface area (Å²) < 4.78 is 6.92. The highest BCUT2D eigenvalue weighted by molar-refractivity contribution is 6.23. The minimum absolute atomic E-state index is 0.172. The lowest BCUT2D eigenvalue weighted by Gasteiger charge is -2.16. The summed E-state index contributed by atoms with van der Waals surface area (Å²) in [5.74, 6) is 0. The molecule has 0 radical (unpaired) electrons. The Morgan fingerprint density at radius 1 is 0.912 bits per heavy atom. The van der Waals surface area contributed by atoms with Crippen LogP contribution in [0, 0.1) is 0 Å². The lowest BCUT2D eigenvalue weighted by Crippen LogP contribution is -2.34. The SMILES string of the molecule is O=c1[nH]c(=O)n([C@H]2C[C@H](O)[C@@H](CO)O2)cc1CCc1ccc2ccc3cccc4ccc1c2c34. The molecule has 1 aliphatic rings. The van der Waals surface area contributed by atoms with Crippen molar-refractivity contribution in [3.05, 3.63) is 92.8 Å². The van der Waals surface area contributed by atoms with Gasteiger partial charge in [0.15, 0.2) is 0 Å². The fourth-order valence-corrected chi connectivity index (χ4v) is 5.25. The topological polar surface area (TPSA) is 105 Å². The monoisotopic (exact) mass is 456 g/mol. The lowest BCUT2D eigenvalue weighted by atomic mass is 9.90. The van der Waals surface area contributed by atoms with E-state index >= 15 is 0 Å². The molecular weight excluding hydrogens is 432 g/mol. The van der Waals surface area contributed by atoms with Gasteiger partial charge in [0.1, 0.15) is 12.3 Å². The molecule has 3 atom stereocenters. The number of aromatic amines is 1. The van der Waals surface area contributed by atoms with E-state index in [0.29, 0.717) is 18.4 Å². The van der Waals surface area contributed by atoms with Gasteiger partial charge in [0.2, 0.25) is 0 Å². The van der Waals surface area contributed by atoms with Gasteiger partial charge in [-0.2, -0.15) is 0 Å². The molecule has 7 nitrogen and oxygen atoms in total. The van der Waals surface area contributed by atoms with Gasteiger partial charge in [-0.3, -0.25) is 14.3 Å². The number of H-pyrrole nitrogens is 1. The highest BCUT2D eigenvalue weighted by Gasteiger charge is 2.35. The molecule has 6 rings (SSSR count). The molecule has 1 saturated heterocycles. The fraction of sp³-hybridized carbons (Fsp3) is 0.259. The van der Waals surface area contributed by atoms with E-state index < -0.39 is 29.7 Å². The number of aryl methyl sites for hydroxylation is 2. The number of aliphatic hydroxyl groups excluding tert-OH is 2. The number of nitrogens with one attached hydrogen (secondary N) is 1. The molecule has 1 fully saturated rings. The van der Waals surface area contributed by atoms with E-state index in [4.69, 9.17) is 4.74 Å². The van der Waals surface area contributed by atoms with Crippen LogP contribution in [0.3, 0.4) is 0 Å². The van der Waals surface area contributed by atoms with Crippen LogP contribution in [0.1, 0.15) is 23.8 Å². The molecule has 0 aliphatic carbocycles. The third-order valence-corrected chi connectivity index (χ3v) is 7.02. The maximum absolute atomic E-state index is 12.6. The van der Waals surface area contributed by atoms with E-state index in [1.165, 1.54) is 43.1 Å². The van der Waals surface area contributed by atoms with Gasteiger partial charge in [-0.15, -0.1) is 0 Å². The van der Waals surface area contributed by atoms with Crippen molar-refractivity contribution in [3.63, 3.8) is 0 Å². The van der Waals surface area contributed by atoms with Crippen molar-refractivity contribution >= 4 is 32.3 Å². The van der Waals surface area contributed by atoms with E-state index in [9.17, 15) is 19.8 Å². The Morgan fingerprint density at radius 3 is 2.32 bits per heavy atom. The first-order valence-corrected chi connectivity index (χ1v) is 11.5. The summed E-state index contributed by atoms with van der Waals surface area (Å²) in [6.07, 6.45) is 0.421. The number of aromatic nitrogens is 2. The van der Waals surface area contributed by atoms with Gasteiger partial charge >= 0.3 is 5.69 Å². The second-order valence-corrected chi connectivity index (χ2v) is 9.02. The van der Waals surface area contributed by atoms with E-state index in [1.54, 1.807) is 0 Å².